The Kier molecular flexibility index (Phi) is 4.87. The number of benzene rings is 2. The van der Waals surface area contributed by atoms with E-state index in [1.807, 2.05) is 30.3 Å². The summed E-state index contributed by atoms with van der Waals surface area (Å²) in [6.07, 6.45) is 5.63. The van der Waals surface area contributed by atoms with E-state index in [4.69, 9.17) is 15.2 Å². The van der Waals surface area contributed by atoms with E-state index in [2.05, 4.69) is 18.2 Å². The van der Waals surface area contributed by atoms with E-state index in [0.717, 1.165) is 35.5 Å². The lowest BCUT2D eigenvalue weighted by atomic mass is 9.77. The van der Waals surface area contributed by atoms with Gasteiger partial charge >= 0.3 is 0 Å². The summed E-state index contributed by atoms with van der Waals surface area (Å²) in [7, 11) is 1.69. The van der Waals surface area contributed by atoms with E-state index >= 15 is 0 Å². The van der Waals surface area contributed by atoms with E-state index in [9.17, 15) is 0 Å². The summed E-state index contributed by atoms with van der Waals surface area (Å²) < 4.78 is 11.7. The van der Waals surface area contributed by atoms with Crippen LogP contribution in [0.25, 0.3) is 0 Å². The fourth-order valence-corrected chi connectivity index (χ4v) is 3.42. The van der Waals surface area contributed by atoms with E-state index in [1.54, 1.807) is 7.11 Å². The zero-order valence-electron chi connectivity index (χ0n) is 13.8. The maximum absolute atomic E-state index is 6.70. The minimum Gasteiger partial charge on any atom is -0.493 e. The summed E-state index contributed by atoms with van der Waals surface area (Å²) in [6.45, 7) is 0.526. The van der Waals surface area contributed by atoms with Gasteiger partial charge in [-0.05, 0) is 24.5 Å². The predicted molar refractivity (Wildman–Crippen MR) is 92.7 cm³/mol. The van der Waals surface area contributed by atoms with Gasteiger partial charge in [0.15, 0.2) is 11.5 Å². The van der Waals surface area contributed by atoms with Crippen molar-refractivity contribution in [3.8, 4) is 11.5 Å². The van der Waals surface area contributed by atoms with Gasteiger partial charge in [0.05, 0.1) is 7.11 Å². The standard InChI is InChI=1S/C20H25NO2/c1-22-19-17(20(21)13-6-3-7-14-20)11-8-12-18(19)23-15-16-9-4-2-5-10-16/h2,4-5,8-12H,3,6-7,13-15,21H2,1H3. The highest BCUT2D eigenvalue weighted by Gasteiger charge is 2.33. The first kappa shape index (κ1) is 15.9. The molecule has 1 aliphatic rings. The van der Waals surface area contributed by atoms with Crippen LogP contribution in [0.5, 0.6) is 11.5 Å². The van der Waals surface area contributed by atoms with Crippen LogP contribution in [-0.2, 0) is 12.1 Å². The molecular formula is C20H25NO2. The van der Waals surface area contributed by atoms with Crippen LogP contribution in [0.15, 0.2) is 48.5 Å². The molecule has 3 nitrogen and oxygen atoms in total. The quantitative estimate of drug-likeness (QED) is 0.890. The molecule has 23 heavy (non-hydrogen) atoms. The van der Waals surface area contributed by atoms with Crippen LogP contribution in [-0.4, -0.2) is 7.11 Å². The van der Waals surface area contributed by atoms with Crippen molar-refractivity contribution in [3.63, 3.8) is 0 Å². The first-order valence-electron chi connectivity index (χ1n) is 8.36. The molecule has 0 bridgehead atoms. The van der Waals surface area contributed by atoms with Crippen LogP contribution in [0.4, 0.5) is 0 Å². The van der Waals surface area contributed by atoms with Crippen molar-refractivity contribution in [2.24, 2.45) is 5.73 Å². The van der Waals surface area contributed by atoms with Crippen molar-refractivity contribution in [1.82, 2.24) is 0 Å². The summed E-state index contributed by atoms with van der Waals surface area (Å²) >= 11 is 0. The van der Waals surface area contributed by atoms with Crippen LogP contribution in [0.3, 0.4) is 0 Å². The van der Waals surface area contributed by atoms with Crippen molar-refractivity contribution < 1.29 is 9.47 Å². The van der Waals surface area contributed by atoms with Crippen molar-refractivity contribution in [2.75, 3.05) is 7.11 Å². The third kappa shape index (κ3) is 3.50. The van der Waals surface area contributed by atoms with Crippen LogP contribution in [0.1, 0.15) is 43.2 Å². The summed E-state index contributed by atoms with van der Waals surface area (Å²) in [5.41, 5.74) is 8.61. The maximum Gasteiger partial charge on any atom is 0.165 e. The third-order valence-electron chi connectivity index (χ3n) is 4.70. The molecule has 0 spiro atoms. The van der Waals surface area contributed by atoms with Gasteiger partial charge in [-0.25, -0.2) is 0 Å². The van der Waals surface area contributed by atoms with Gasteiger partial charge in [-0.15, -0.1) is 0 Å². The molecule has 0 atom stereocenters. The lowest BCUT2D eigenvalue weighted by molar-refractivity contribution is 0.264. The fraction of sp³-hybridized carbons (Fsp3) is 0.400. The molecule has 0 heterocycles. The molecule has 1 saturated carbocycles. The Morgan fingerprint density at radius 3 is 2.39 bits per heavy atom. The van der Waals surface area contributed by atoms with Gasteiger partial charge in [-0.3, -0.25) is 0 Å². The lowest BCUT2D eigenvalue weighted by Gasteiger charge is -2.35. The van der Waals surface area contributed by atoms with E-state index in [-0.39, 0.29) is 5.54 Å². The zero-order chi connectivity index (χ0) is 16.1. The average molecular weight is 311 g/mol. The summed E-state index contributed by atoms with van der Waals surface area (Å²) in [5.74, 6) is 1.55. The minimum absolute atomic E-state index is 0.296. The SMILES string of the molecule is COc1c(OCc2ccccc2)cccc1C1(N)CCCCC1. The van der Waals surface area contributed by atoms with Crippen molar-refractivity contribution >= 4 is 0 Å². The Bertz CT molecular complexity index is 633. The summed E-state index contributed by atoms with van der Waals surface area (Å²) in [5, 5.41) is 0. The molecule has 0 aliphatic heterocycles. The highest BCUT2D eigenvalue weighted by atomic mass is 16.5. The maximum atomic E-state index is 6.70. The molecule has 3 rings (SSSR count). The van der Waals surface area contributed by atoms with E-state index in [1.165, 1.54) is 19.3 Å². The van der Waals surface area contributed by atoms with Crippen molar-refractivity contribution in [3.05, 3.63) is 59.7 Å². The average Bonchev–Trinajstić information content (AvgIpc) is 2.61. The Hall–Kier alpha value is -2.00. The Balaban J connectivity index is 1.85. The highest BCUT2D eigenvalue weighted by molar-refractivity contribution is 5.50. The first-order valence-corrected chi connectivity index (χ1v) is 8.36. The summed E-state index contributed by atoms with van der Waals surface area (Å²) in [6, 6.07) is 16.2. The van der Waals surface area contributed by atoms with Crippen LogP contribution in [0.2, 0.25) is 0 Å². The molecule has 122 valence electrons. The molecule has 3 heteroatoms. The number of rotatable bonds is 5. The minimum atomic E-state index is -0.296. The molecule has 1 fully saturated rings. The van der Waals surface area contributed by atoms with Crippen molar-refractivity contribution in [1.29, 1.82) is 0 Å². The number of methoxy groups -OCH3 is 1. The number of hydrogen-bond donors (Lipinski definition) is 1. The molecule has 0 unspecified atom stereocenters. The molecule has 0 aromatic heterocycles. The second kappa shape index (κ2) is 7.05. The third-order valence-corrected chi connectivity index (χ3v) is 4.70. The monoisotopic (exact) mass is 311 g/mol. The predicted octanol–water partition coefficient (Wildman–Crippen LogP) is 4.39. The van der Waals surface area contributed by atoms with Crippen LogP contribution < -0.4 is 15.2 Å². The number of para-hydroxylation sites is 1. The molecule has 0 saturated heterocycles. The largest absolute Gasteiger partial charge is 0.493 e. The van der Waals surface area contributed by atoms with Gasteiger partial charge in [-0.1, -0.05) is 61.7 Å². The highest BCUT2D eigenvalue weighted by Crippen LogP contribution is 2.43. The van der Waals surface area contributed by atoms with Gasteiger partial charge in [0, 0.05) is 11.1 Å². The van der Waals surface area contributed by atoms with Gasteiger partial charge in [0.1, 0.15) is 6.61 Å². The number of hydrogen-bond acceptors (Lipinski definition) is 3. The molecule has 2 aromatic rings. The Morgan fingerprint density at radius 2 is 1.70 bits per heavy atom. The molecule has 0 amide bonds. The Morgan fingerprint density at radius 1 is 0.957 bits per heavy atom. The smallest absolute Gasteiger partial charge is 0.165 e. The van der Waals surface area contributed by atoms with Crippen LogP contribution in [0, 0.1) is 0 Å². The van der Waals surface area contributed by atoms with E-state index < -0.39 is 0 Å². The zero-order valence-corrected chi connectivity index (χ0v) is 13.8. The normalized spacial score (nSPS) is 16.8. The van der Waals surface area contributed by atoms with Gasteiger partial charge < -0.3 is 15.2 Å². The Labute approximate surface area is 138 Å². The van der Waals surface area contributed by atoms with Crippen LogP contribution >= 0.6 is 0 Å². The fourth-order valence-electron chi connectivity index (χ4n) is 3.42. The number of nitrogens with two attached hydrogens (primary N) is 1. The van der Waals surface area contributed by atoms with E-state index in [0.29, 0.717) is 6.61 Å². The topological polar surface area (TPSA) is 44.5 Å². The molecular weight excluding hydrogens is 286 g/mol. The molecule has 2 N–H and O–H groups in total. The van der Waals surface area contributed by atoms with Gasteiger partial charge in [0.25, 0.3) is 0 Å². The van der Waals surface area contributed by atoms with Gasteiger partial charge in [0.2, 0.25) is 0 Å². The second-order valence-electron chi connectivity index (χ2n) is 6.33. The molecule has 0 radical (unpaired) electrons. The number of ether oxygens (including phenoxy) is 2. The second-order valence-corrected chi connectivity index (χ2v) is 6.33. The molecule has 2 aromatic carbocycles. The van der Waals surface area contributed by atoms with Crippen molar-refractivity contribution in [2.45, 2.75) is 44.2 Å². The summed E-state index contributed by atoms with van der Waals surface area (Å²) in [4.78, 5) is 0. The first-order chi connectivity index (χ1) is 11.2. The van der Waals surface area contributed by atoms with Gasteiger partial charge in [-0.2, -0.15) is 0 Å². The lowest BCUT2D eigenvalue weighted by Crippen LogP contribution is -2.38. The molecule has 1 aliphatic carbocycles.